The Morgan fingerprint density at radius 3 is 1.30 bits per heavy atom. The van der Waals surface area contributed by atoms with Crippen LogP contribution in [0.2, 0.25) is 0 Å². The zero-order valence-corrected chi connectivity index (χ0v) is 8.12. The highest BCUT2D eigenvalue weighted by Crippen LogP contribution is 2.25. The summed E-state index contributed by atoms with van der Waals surface area (Å²) in [7, 11) is 0. The van der Waals surface area contributed by atoms with Crippen molar-refractivity contribution in [1.82, 2.24) is 0 Å². The number of hydrogen-bond donors (Lipinski definition) is 5. The molecule has 0 aliphatic heterocycles. The Hall–Kier alpha value is 0.970. The van der Waals surface area contributed by atoms with Gasteiger partial charge in [0.15, 0.2) is 6.29 Å². The van der Waals surface area contributed by atoms with Crippen LogP contribution in [0, 0.1) is 5.41 Å². The van der Waals surface area contributed by atoms with Gasteiger partial charge in [-0.2, -0.15) is 37.9 Å². The van der Waals surface area contributed by atoms with Crippen molar-refractivity contribution >= 4 is 37.9 Å². The maximum absolute atomic E-state index is 8.87. The summed E-state index contributed by atoms with van der Waals surface area (Å²) < 4.78 is 0. The lowest BCUT2D eigenvalue weighted by Gasteiger charge is -2.30. The van der Waals surface area contributed by atoms with E-state index in [-0.39, 0.29) is 0 Å². The second-order valence-corrected chi connectivity index (χ2v) is 3.16. The normalized spacial score (nSPS) is 12.6. The zero-order chi connectivity index (χ0) is 8.20. The highest BCUT2D eigenvalue weighted by Gasteiger charge is 2.32. The van der Waals surface area contributed by atoms with Gasteiger partial charge in [-0.05, 0) is 0 Å². The van der Waals surface area contributed by atoms with Crippen LogP contribution in [0.3, 0.4) is 0 Å². The van der Waals surface area contributed by atoms with Gasteiger partial charge in [-0.3, -0.25) is 0 Å². The molecule has 62 valence electrons. The molecule has 0 saturated heterocycles. The Morgan fingerprint density at radius 1 is 1.00 bits per heavy atom. The number of thiol groups is 3. The monoisotopic (exact) mass is 200 g/mol. The molecule has 0 amide bonds. The maximum Gasteiger partial charge on any atom is 0.159 e. The Morgan fingerprint density at radius 2 is 1.30 bits per heavy atom. The molecule has 0 aliphatic carbocycles. The first-order valence-electron chi connectivity index (χ1n) is 2.81. The van der Waals surface area contributed by atoms with E-state index in [1.807, 2.05) is 0 Å². The molecule has 0 spiro atoms. The summed E-state index contributed by atoms with van der Waals surface area (Å²) >= 11 is 11.9. The van der Waals surface area contributed by atoms with E-state index < -0.39 is 11.7 Å². The second kappa shape index (κ2) is 4.77. The number of aliphatic hydroxyl groups excluding tert-OH is 1. The molecule has 0 heterocycles. The van der Waals surface area contributed by atoms with Gasteiger partial charge in [0.25, 0.3) is 0 Å². The summed E-state index contributed by atoms with van der Waals surface area (Å²) in [4.78, 5) is 0. The van der Waals surface area contributed by atoms with Crippen LogP contribution in [-0.2, 0) is 0 Å². The van der Waals surface area contributed by atoms with Crippen molar-refractivity contribution < 1.29 is 10.2 Å². The van der Waals surface area contributed by atoms with Crippen LogP contribution < -0.4 is 0 Å². The number of rotatable bonds is 4. The van der Waals surface area contributed by atoms with Crippen molar-refractivity contribution in [2.75, 3.05) is 17.3 Å². The van der Waals surface area contributed by atoms with Crippen molar-refractivity contribution in [3.8, 4) is 0 Å². The minimum Gasteiger partial charge on any atom is -0.368 e. The molecule has 0 rings (SSSR count). The minimum atomic E-state index is -1.39. The van der Waals surface area contributed by atoms with Crippen LogP contribution in [0.4, 0.5) is 0 Å². The molecule has 0 aliphatic rings. The lowest BCUT2D eigenvalue weighted by atomic mass is 9.95. The quantitative estimate of drug-likeness (QED) is 0.329. The highest BCUT2D eigenvalue weighted by molar-refractivity contribution is 7.82. The van der Waals surface area contributed by atoms with Gasteiger partial charge in [-0.1, -0.05) is 0 Å². The fourth-order valence-electron chi connectivity index (χ4n) is 0.395. The first-order valence-corrected chi connectivity index (χ1v) is 4.71. The fourth-order valence-corrected chi connectivity index (χ4v) is 2.08. The molecule has 0 unspecified atom stereocenters. The molecule has 0 aromatic heterocycles. The van der Waals surface area contributed by atoms with E-state index in [1.165, 1.54) is 0 Å². The first kappa shape index (κ1) is 11.0. The largest absolute Gasteiger partial charge is 0.368 e. The Bertz CT molecular complexity index is 84.6. The predicted molar refractivity (Wildman–Crippen MR) is 52.2 cm³/mol. The summed E-state index contributed by atoms with van der Waals surface area (Å²) in [5.41, 5.74) is -0.671. The SMILES string of the molecule is OC(O)C(CS)(CS)CS. The molecule has 2 N–H and O–H groups in total. The van der Waals surface area contributed by atoms with Crippen molar-refractivity contribution in [3.63, 3.8) is 0 Å². The van der Waals surface area contributed by atoms with Crippen molar-refractivity contribution in [2.24, 2.45) is 5.41 Å². The van der Waals surface area contributed by atoms with E-state index in [1.54, 1.807) is 0 Å². The van der Waals surface area contributed by atoms with E-state index in [0.717, 1.165) is 0 Å². The third-order valence-corrected chi connectivity index (χ3v) is 3.38. The van der Waals surface area contributed by atoms with E-state index >= 15 is 0 Å². The number of aliphatic hydroxyl groups is 2. The molecular formula is C5H12O2S3. The average molecular weight is 200 g/mol. The fraction of sp³-hybridized carbons (Fsp3) is 1.00. The zero-order valence-electron chi connectivity index (χ0n) is 5.43. The summed E-state index contributed by atoms with van der Waals surface area (Å²) in [6.45, 7) is 0. The van der Waals surface area contributed by atoms with Crippen molar-refractivity contribution in [3.05, 3.63) is 0 Å². The Balaban J connectivity index is 4.15. The molecule has 0 atom stereocenters. The van der Waals surface area contributed by atoms with Gasteiger partial charge in [-0.15, -0.1) is 0 Å². The van der Waals surface area contributed by atoms with Crippen LogP contribution in [0.15, 0.2) is 0 Å². The summed E-state index contributed by atoms with van der Waals surface area (Å²) in [6.07, 6.45) is -1.39. The average Bonchev–Trinajstić information content (AvgIpc) is 1.92. The molecule has 0 bridgehead atoms. The molecule has 5 heteroatoms. The maximum atomic E-state index is 8.87. The van der Waals surface area contributed by atoms with E-state index in [2.05, 4.69) is 37.9 Å². The van der Waals surface area contributed by atoms with Crippen LogP contribution in [0.5, 0.6) is 0 Å². The molecule has 10 heavy (non-hydrogen) atoms. The topological polar surface area (TPSA) is 40.5 Å². The molecule has 0 saturated carbocycles. The molecule has 0 radical (unpaired) electrons. The van der Waals surface area contributed by atoms with Gasteiger partial charge in [0.05, 0.1) is 0 Å². The van der Waals surface area contributed by atoms with Gasteiger partial charge in [0.2, 0.25) is 0 Å². The molecular weight excluding hydrogens is 188 g/mol. The standard InChI is InChI=1S/C5H12O2S3/c6-4(7)5(1-8,2-9)3-10/h4,6-10H,1-3H2. The second-order valence-electron chi connectivity index (χ2n) is 2.21. The van der Waals surface area contributed by atoms with E-state index in [0.29, 0.717) is 17.3 Å². The van der Waals surface area contributed by atoms with Crippen molar-refractivity contribution in [1.29, 1.82) is 0 Å². The van der Waals surface area contributed by atoms with Gasteiger partial charge in [-0.25, -0.2) is 0 Å². The van der Waals surface area contributed by atoms with Crippen LogP contribution >= 0.6 is 37.9 Å². The molecule has 0 fully saturated rings. The summed E-state index contributed by atoms with van der Waals surface area (Å²) in [5.74, 6) is 1.12. The van der Waals surface area contributed by atoms with E-state index in [9.17, 15) is 0 Å². The lowest BCUT2D eigenvalue weighted by Crippen LogP contribution is -2.40. The molecule has 0 aromatic carbocycles. The summed E-state index contributed by atoms with van der Waals surface area (Å²) in [5, 5.41) is 17.7. The Labute approximate surface area is 77.3 Å². The predicted octanol–water partition coefficient (Wildman–Crippen LogP) is 0.0729. The van der Waals surface area contributed by atoms with Crippen LogP contribution in [0.25, 0.3) is 0 Å². The highest BCUT2D eigenvalue weighted by atomic mass is 32.1. The van der Waals surface area contributed by atoms with Gasteiger partial charge < -0.3 is 10.2 Å². The molecule has 2 nitrogen and oxygen atoms in total. The van der Waals surface area contributed by atoms with Gasteiger partial charge in [0.1, 0.15) is 0 Å². The first-order chi connectivity index (χ1) is 4.63. The molecule has 0 aromatic rings. The minimum absolute atomic E-state index is 0.373. The Kier molecular flexibility index (Phi) is 5.23. The van der Waals surface area contributed by atoms with E-state index in [4.69, 9.17) is 10.2 Å². The third-order valence-electron chi connectivity index (χ3n) is 1.49. The number of hydrogen-bond acceptors (Lipinski definition) is 5. The third kappa shape index (κ3) is 2.23. The smallest absolute Gasteiger partial charge is 0.159 e. The van der Waals surface area contributed by atoms with Crippen LogP contribution in [0.1, 0.15) is 0 Å². The van der Waals surface area contributed by atoms with Crippen molar-refractivity contribution in [2.45, 2.75) is 6.29 Å². The van der Waals surface area contributed by atoms with Crippen LogP contribution in [-0.4, -0.2) is 33.8 Å². The van der Waals surface area contributed by atoms with Gasteiger partial charge >= 0.3 is 0 Å². The summed E-state index contributed by atoms with van der Waals surface area (Å²) in [6, 6.07) is 0. The lowest BCUT2D eigenvalue weighted by molar-refractivity contribution is -0.107. The van der Waals surface area contributed by atoms with Gasteiger partial charge in [0, 0.05) is 22.7 Å².